The van der Waals surface area contributed by atoms with E-state index in [4.69, 9.17) is 16.3 Å². The van der Waals surface area contributed by atoms with Crippen LogP contribution in [0, 0.1) is 11.3 Å². The van der Waals surface area contributed by atoms with Crippen LogP contribution in [-0.4, -0.2) is 21.5 Å². The molecule has 6 heteroatoms. The Labute approximate surface area is 127 Å². The van der Waals surface area contributed by atoms with Gasteiger partial charge in [0.15, 0.2) is 11.1 Å². The number of para-hydroxylation sites is 2. The van der Waals surface area contributed by atoms with Gasteiger partial charge < -0.3 is 4.74 Å². The SMILES string of the molecule is CC(C)(C)OC(=O)[C@H](C#N)c1nc2ccccc2nc1Cl. The van der Waals surface area contributed by atoms with Crippen molar-refractivity contribution in [2.45, 2.75) is 32.3 Å². The largest absolute Gasteiger partial charge is 0.459 e. The molecule has 108 valence electrons. The highest BCUT2D eigenvalue weighted by Gasteiger charge is 2.30. The lowest BCUT2D eigenvalue weighted by molar-refractivity contribution is -0.155. The van der Waals surface area contributed by atoms with Crippen LogP contribution in [0.1, 0.15) is 32.4 Å². The molecular weight excluding hydrogens is 290 g/mol. The summed E-state index contributed by atoms with van der Waals surface area (Å²) in [5, 5.41) is 9.30. The number of ether oxygens (including phenoxy) is 1. The van der Waals surface area contributed by atoms with Gasteiger partial charge in [0.25, 0.3) is 0 Å². The molecule has 0 amide bonds. The van der Waals surface area contributed by atoms with Gasteiger partial charge in [-0.1, -0.05) is 23.7 Å². The average Bonchev–Trinajstić information content (AvgIpc) is 2.38. The second kappa shape index (κ2) is 5.66. The van der Waals surface area contributed by atoms with Crippen molar-refractivity contribution in [1.29, 1.82) is 5.26 Å². The number of hydrogen-bond donors (Lipinski definition) is 0. The maximum absolute atomic E-state index is 12.1. The molecule has 0 radical (unpaired) electrons. The van der Waals surface area contributed by atoms with Gasteiger partial charge in [-0.3, -0.25) is 4.79 Å². The Morgan fingerprint density at radius 3 is 2.38 bits per heavy atom. The Morgan fingerprint density at radius 1 is 1.29 bits per heavy atom. The number of carbonyl (C=O) groups excluding carboxylic acids is 1. The molecule has 0 saturated heterocycles. The Morgan fingerprint density at radius 2 is 1.86 bits per heavy atom. The number of fused-ring (bicyclic) bond motifs is 1. The normalized spacial score (nSPS) is 12.7. The van der Waals surface area contributed by atoms with Crippen molar-refractivity contribution in [3.05, 3.63) is 35.1 Å². The third-order valence-corrected chi connectivity index (χ3v) is 2.88. The molecule has 0 bridgehead atoms. The van der Waals surface area contributed by atoms with Crippen LogP contribution in [-0.2, 0) is 9.53 Å². The standard InChI is InChI=1S/C15H14ClN3O2/c1-15(2,3)21-14(20)9(8-17)12-13(16)19-11-7-5-4-6-10(11)18-12/h4-7,9H,1-3H3/t9-/m1/s1. The molecule has 1 aromatic heterocycles. The van der Waals surface area contributed by atoms with E-state index in [0.29, 0.717) is 11.0 Å². The number of carbonyl (C=O) groups is 1. The minimum atomic E-state index is -1.20. The summed E-state index contributed by atoms with van der Waals surface area (Å²) in [4.78, 5) is 20.6. The van der Waals surface area contributed by atoms with Gasteiger partial charge in [0.1, 0.15) is 11.3 Å². The van der Waals surface area contributed by atoms with E-state index < -0.39 is 17.5 Å². The molecule has 0 unspecified atom stereocenters. The summed E-state index contributed by atoms with van der Waals surface area (Å²) >= 11 is 6.06. The Balaban J connectivity index is 2.45. The second-order valence-corrected chi connectivity index (χ2v) is 5.84. The van der Waals surface area contributed by atoms with Crippen LogP contribution in [0.2, 0.25) is 5.15 Å². The van der Waals surface area contributed by atoms with Crippen LogP contribution in [0.4, 0.5) is 0 Å². The lowest BCUT2D eigenvalue weighted by Crippen LogP contribution is -2.28. The molecular formula is C15H14ClN3O2. The Kier molecular flexibility index (Phi) is 4.10. The summed E-state index contributed by atoms with van der Waals surface area (Å²) < 4.78 is 5.22. The topological polar surface area (TPSA) is 75.9 Å². The minimum Gasteiger partial charge on any atom is -0.459 e. The average molecular weight is 304 g/mol. The highest BCUT2D eigenvalue weighted by molar-refractivity contribution is 6.30. The monoisotopic (exact) mass is 303 g/mol. The molecule has 1 atom stereocenters. The Hall–Kier alpha value is -2.19. The maximum Gasteiger partial charge on any atom is 0.330 e. The van der Waals surface area contributed by atoms with E-state index in [1.54, 1.807) is 39.0 Å². The number of aromatic nitrogens is 2. The summed E-state index contributed by atoms with van der Waals surface area (Å²) in [7, 11) is 0. The van der Waals surface area contributed by atoms with Crippen LogP contribution >= 0.6 is 11.6 Å². The predicted molar refractivity (Wildman–Crippen MR) is 78.7 cm³/mol. The van der Waals surface area contributed by atoms with E-state index in [1.807, 2.05) is 12.1 Å². The van der Waals surface area contributed by atoms with E-state index in [1.165, 1.54) is 0 Å². The minimum absolute atomic E-state index is 0.0334. The molecule has 21 heavy (non-hydrogen) atoms. The van der Waals surface area contributed by atoms with Gasteiger partial charge >= 0.3 is 5.97 Å². The van der Waals surface area contributed by atoms with Crippen LogP contribution in [0.3, 0.4) is 0 Å². The van der Waals surface area contributed by atoms with Crippen molar-refractivity contribution in [2.75, 3.05) is 0 Å². The van der Waals surface area contributed by atoms with Gasteiger partial charge in [0, 0.05) is 0 Å². The molecule has 0 N–H and O–H groups in total. The van der Waals surface area contributed by atoms with Crippen LogP contribution in [0.25, 0.3) is 11.0 Å². The van der Waals surface area contributed by atoms with E-state index >= 15 is 0 Å². The number of nitrogens with zero attached hydrogens (tertiary/aromatic N) is 3. The Bertz CT molecular complexity index is 732. The fraction of sp³-hybridized carbons (Fsp3) is 0.333. The quantitative estimate of drug-likeness (QED) is 0.796. The number of benzene rings is 1. The van der Waals surface area contributed by atoms with E-state index in [2.05, 4.69) is 9.97 Å². The van der Waals surface area contributed by atoms with Crippen molar-refractivity contribution in [3.63, 3.8) is 0 Å². The molecule has 0 aliphatic carbocycles. The summed E-state index contributed by atoms with van der Waals surface area (Å²) in [5.74, 6) is -1.88. The first-order valence-electron chi connectivity index (χ1n) is 6.36. The third-order valence-electron chi connectivity index (χ3n) is 2.60. The number of rotatable bonds is 2. The highest BCUT2D eigenvalue weighted by atomic mass is 35.5. The second-order valence-electron chi connectivity index (χ2n) is 5.48. The zero-order valence-electron chi connectivity index (χ0n) is 11.9. The molecule has 0 saturated carbocycles. The summed E-state index contributed by atoms with van der Waals surface area (Å²) in [6.07, 6.45) is 0. The van der Waals surface area contributed by atoms with Gasteiger partial charge in [0.2, 0.25) is 0 Å². The van der Waals surface area contributed by atoms with Gasteiger partial charge in [-0.2, -0.15) is 5.26 Å². The van der Waals surface area contributed by atoms with Gasteiger partial charge in [0.05, 0.1) is 17.1 Å². The first-order valence-corrected chi connectivity index (χ1v) is 6.74. The maximum atomic E-state index is 12.1. The predicted octanol–water partition coefficient (Wildman–Crippen LogP) is 3.23. The molecule has 1 aromatic carbocycles. The fourth-order valence-electron chi connectivity index (χ4n) is 1.76. The van der Waals surface area contributed by atoms with E-state index in [-0.39, 0.29) is 10.8 Å². The molecule has 2 aromatic rings. The number of halogens is 1. The van der Waals surface area contributed by atoms with Gasteiger partial charge in [-0.25, -0.2) is 9.97 Å². The zero-order chi connectivity index (χ0) is 15.6. The molecule has 0 spiro atoms. The van der Waals surface area contributed by atoms with Crippen molar-refractivity contribution < 1.29 is 9.53 Å². The molecule has 0 aliphatic rings. The van der Waals surface area contributed by atoms with Crippen LogP contribution in [0.15, 0.2) is 24.3 Å². The summed E-state index contributed by atoms with van der Waals surface area (Å²) in [6, 6.07) is 8.99. The first-order chi connectivity index (χ1) is 9.81. The summed E-state index contributed by atoms with van der Waals surface area (Å²) in [5.41, 5.74) is 0.600. The smallest absolute Gasteiger partial charge is 0.330 e. The molecule has 0 fully saturated rings. The van der Waals surface area contributed by atoms with Crippen molar-refractivity contribution in [3.8, 4) is 6.07 Å². The number of esters is 1. The molecule has 0 aliphatic heterocycles. The first kappa shape index (κ1) is 15.2. The van der Waals surface area contributed by atoms with Crippen LogP contribution in [0.5, 0.6) is 0 Å². The zero-order valence-corrected chi connectivity index (χ0v) is 12.7. The van der Waals surface area contributed by atoms with Gasteiger partial charge in [-0.15, -0.1) is 0 Å². The van der Waals surface area contributed by atoms with Crippen molar-refractivity contribution in [1.82, 2.24) is 9.97 Å². The van der Waals surface area contributed by atoms with E-state index in [9.17, 15) is 10.1 Å². The molecule has 1 heterocycles. The summed E-state index contributed by atoms with van der Waals surface area (Å²) in [6.45, 7) is 5.19. The lowest BCUT2D eigenvalue weighted by atomic mass is 10.1. The molecule has 5 nitrogen and oxygen atoms in total. The van der Waals surface area contributed by atoms with Crippen LogP contribution < -0.4 is 0 Å². The molecule has 2 rings (SSSR count). The van der Waals surface area contributed by atoms with Crippen molar-refractivity contribution >= 4 is 28.6 Å². The van der Waals surface area contributed by atoms with Gasteiger partial charge in [-0.05, 0) is 32.9 Å². The lowest BCUT2D eigenvalue weighted by Gasteiger charge is -2.21. The van der Waals surface area contributed by atoms with Crippen molar-refractivity contribution in [2.24, 2.45) is 0 Å². The number of nitriles is 1. The number of hydrogen-bond acceptors (Lipinski definition) is 5. The third kappa shape index (κ3) is 3.47. The fourth-order valence-corrected chi connectivity index (χ4v) is 2.00. The van der Waals surface area contributed by atoms with E-state index in [0.717, 1.165) is 0 Å². The highest BCUT2D eigenvalue weighted by Crippen LogP contribution is 2.26.